The molecule has 4 heteroatoms. The van der Waals surface area contributed by atoms with Gasteiger partial charge in [-0.1, -0.05) is 11.6 Å². The second-order valence-electron chi connectivity index (χ2n) is 2.82. The van der Waals surface area contributed by atoms with Crippen LogP contribution in [0.25, 0.3) is 0 Å². The zero-order valence-corrected chi connectivity index (χ0v) is 8.31. The first-order chi connectivity index (χ1) is 6.63. The molecule has 0 spiro atoms. The lowest BCUT2D eigenvalue weighted by Gasteiger charge is -2.06. The molecule has 0 aliphatic heterocycles. The molecule has 76 valence electrons. The molecule has 1 aromatic rings. The number of rotatable bonds is 3. The zero-order valence-electron chi connectivity index (χ0n) is 7.56. The SMILES string of the molecule is C/C(=C/Cl)COc1ccc(F)cc1F. The third kappa shape index (κ3) is 3.00. The van der Waals surface area contributed by atoms with E-state index in [-0.39, 0.29) is 12.4 Å². The predicted molar refractivity (Wildman–Crippen MR) is 51.5 cm³/mol. The van der Waals surface area contributed by atoms with Crippen molar-refractivity contribution in [3.63, 3.8) is 0 Å². The van der Waals surface area contributed by atoms with Crippen LogP contribution in [0, 0.1) is 11.6 Å². The monoisotopic (exact) mass is 218 g/mol. The van der Waals surface area contributed by atoms with Gasteiger partial charge in [-0.05, 0) is 24.6 Å². The summed E-state index contributed by atoms with van der Waals surface area (Å²) in [5.74, 6) is -1.32. The summed E-state index contributed by atoms with van der Waals surface area (Å²) in [7, 11) is 0. The van der Waals surface area contributed by atoms with Crippen molar-refractivity contribution in [2.45, 2.75) is 6.92 Å². The maximum atomic E-state index is 13.0. The molecule has 0 heterocycles. The molecular weight excluding hydrogens is 210 g/mol. The summed E-state index contributed by atoms with van der Waals surface area (Å²) in [6, 6.07) is 3.15. The quantitative estimate of drug-likeness (QED) is 0.755. The van der Waals surface area contributed by atoms with Crippen molar-refractivity contribution in [1.29, 1.82) is 0 Å². The third-order valence-electron chi connectivity index (χ3n) is 1.54. The molecule has 1 nitrogen and oxygen atoms in total. The molecular formula is C10H9ClF2O. The Morgan fingerprint density at radius 3 is 2.79 bits per heavy atom. The van der Waals surface area contributed by atoms with E-state index in [2.05, 4.69) is 0 Å². The van der Waals surface area contributed by atoms with E-state index in [1.165, 1.54) is 11.6 Å². The van der Waals surface area contributed by atoms with E-state index >= 15 is 0 Å². The van der Waals surface area contributed by atoms with E-state index in [1.807, 2.05) is 0 Å². The first-order valence-electron chi connectivity index (χ1n) is 3.97. The molecule has 0 N–H and O–H groups in total. The molecule has 14 heavy (non-hydrogen) atoms. The van der Waals surface area contributed by atoms with Crippen LogP contribution in [-0.2, 0) is 0 Å². The van der Waals surface area contributed by atoms with Crippen LogP contribution < -0.4 is 4.74 Å². The number of halogens is 3. The van der Waals surface area contributed by atoms with Gasteiger partial charge in [0.1, 0.15) is 12.4 Å². The average Bonchev–Trinajstić information content (AvgIpc) is 2.16. The van der Waals surface area contributed by atoms with Gasteiger partial charge < -0.3 is 4.74 Å². The Kier molecular flexibility index (Phi) is 3.89. The van der Waals surface area contributed by atoms with E-state index in [0.29, 0.717) is 0 Å². The molecule has 0 saturated carbocycles. The molecule has 0 aromatic heterocycles. The van der Waals surface area contributed by atoms with E-state index in [0.717, 1.165) is 17.7 Å². The van der Waals surface area contributed by atoms with E-state index in [1.54, 1.807) is 6.92 Å². The van der Waals surface area contributed by atoms with Crippen LogP contribution in [-0.4, -0.2) is 6.61 Å². The first kappa shape index (κ1) is 11.0. The Hall–Kier alpha value is -1.09. The first-order valence-corrected chi connectivity index (χ1v) is 4.41. The van der Waals surface area contributed by atoms with Crippen molar-refractivity contribution >= 4 is 11.6 Å². The highest BCUT2D eigenvalue weighted by Gasteiger charge is 2.04. The molecule has 0 radical (unpaired) electrons. The Bertz CT molecular complexity index is 350. The molecule has 0 fully saturated rings. The minimum atomic E-state index is -0.715. The van der Waals surface area contributed by atoms with E-state index in [4.69, 9.17) is 16.3 Å². The van der Waals surface area contributed by atoms with Crippen LogP contribution in [0.3, 0.4) is 0 Å². The molecule has 0 bridgehead atoms. The highest BCUT2D eigenvalue weighted by molar-refractivity contribution is 6.25. The standard InChI is InChI=1S/C10H9ClF2O/c1-7(5-11)6-14-10-3-2-8(12)4-9(10)13/h2-5H,6H2,1H3/b7-5-. The molecule has 0 aliphatic rings. The number of ether oxygens (including phenoxy) is 1. The van der Waals surface area contributed by atoms with Crippen LogP contribution in [0.15, 0.2) is 29.3 Å². The normalized spacial score (nSPS) is 11.6. The van der Waals surface area contributed by atoms with Gasteiger partial charge in [0.05, 0.1) is 0 Å². The fourth-order valence-corrected chi connectivity index (χ4v) is 0.878. The van der Waals surface area contributed by atoms with Crippen molar-refractivity contribution in [3.8, 4) is 5.75 Å². The van der Waals surface area contributed by atoms with Gasteiger partial charge in [-0.2, -0.15) is 0 Å². The van der Waals surface area contributed by atoms with Gasteiger partial charge in [-0.25, -0.2) is 8.78 Å². The van der Waals surface area contributed by atoms with Crippen LogP contribution in [0.1, 0.15) is 6.92 Å². The lowest BCUT2D eigenvalue weighted by Crippen LogP contribution is -2.00. The summed E-state index contributed by atoms with van der Waals surface area (Å²) < 4.78 is 30.5. The predicted octanol–water partition coefficient (Wildman–Crippen LogP) is 3.49. The summed E-state index contributed by atoms with van der Waals surface area (Å²) in [6.45, 7) is 1.93. The average molecular weight is 219 g/mol. The third-order valence-corrected chi connectivity index (χ3v) is 1.91. The number of benzene rings is 1. The summed E-state index contributed by atoms with van der Waals surface area (Å²) in [5.41, 5.74) is 2.11. The lowest BCUT2D eigenvalue weighted by atomic mass is 10.3. The summed E-state index contributed by atoms with van der Waals surface area (Å²) in [6.07, 6.45) is 0. The fraction of sp³-hybridized carbons (Fsp3) is 0.200. The Morgan fingerprint density at radius 1 is 1.50 bits per heavy atom. The number of hydrogen-bond acceptors (Lipinski definition) is 1. The van der Waals surface area contributed by atoms with Gasteiger partial charge >= 0.3 is 0 Å². The minimum absolute atomic E-state index is 0.0178. The van der Waals surface area contributed by atoms with Gasteiger partial charge in [0.15, 0.2) is 11.6 Å². The lowest BCUT2D eigenvalue weighted by molar-refractivity contribution is 0.331. The van der Waals surface area contributed by atoms with Crippen molar-refractivity contribution in [3.05, 3.63) is 40.9 Å². The van der Waals surface area contributed by atoms with Crippen LogP contribution in [0.5, 0.6) is 5.75 Å². The largest absolute Gasteiger partial charge is 0.486 e. The fourth-order valence-electron chi connectivity index (χ4n) is 0.815. The number of hydrogen-bond donors (Lipinski definition) is 0. The van der Waals surface area contributed by atoms with E-state index in [9.17, 15) is 8.78 Å². The topological polar surface area (TPSA) is 9.23 Å². The van der Waals surface area contributed by atoms with Gasteiger partial charge in [-0.15, -0.1) is 0 Å². The van der Waals surface area contributed by atoms with E-state index < -0.39 is 11.6 Å². The summed E-state index contributed by atoms with van der Waals surface area (Å²) >= 11 is 5.39. The molecule has 1 rings (SSSR count). The molecule has 1 aromatic carbocycles. The molecule has 0 unspecified atom stereocenters. The van der Waals surface area contributed by atoms with Crippen LogP contribution in [0.2, 0.25) is 0 Å². The van der Waals surface area contributed by atoms with Gasteiger partial charge in [-0.3, -0.25) is 0 Å². The Labute approximate surface area is 85.9 Å². The Balaban J connectivity index is 2.68. The van der Waals surface area contributed by atoms with Crippen molar-refractivity contribution in [2.24, 2.45) is 0 Å². The smallest absolute Gasteiger partial charge is 0.167 e. The van der Waals surface area contributed by atoms with Crippen LogP contribution >= 0.6 is 11.6 Å². The van der Waals surface area contributed by atoms with Crippen LogP contribution in [0.4, 0.5) is 8.78 Å². The maximum Gasteiger partial charge on any atom is 0.167 e. The van der Waals surface area contributed by atoms with Gasteiger partial charge in [0.2, 0.25) is 0 Å². The maximum absolute atomic E-state index is 13.0. The second kappa shape index (κ2) is 4.96. The van der Waals surface area contributed by atoms with Gasteiger partial charge in [0, 0.05) is 11.6 Å². The van der Waals surface area contributed by atoms with Crippen molar-refractivity contribution in [2.75, 3.05) is 6.61 Å². The molecule has 0 amide bonds. The zero-order chi connectivity index (χ0) is 10.6. The molecule has 0 aliphatic carbocycles. The highest BCUT2D eigenvalue weighted by atomic mass is 35.5. The minimum Gasteiger partial charge on any atom is -0.486 e. The Morgan fingerprint density at radius 2 is 2.21 bits per heavy atom. The molecule has 0 atom stereocenters. The highest BCUT2D eigenvalue weighted by Crippen LogP contribution is 2.18. The van der Waals surface area contributed by atoms with Crippen molar-refractivity contribution < 1.29 is 13.5 Å². The van der Waals surface area contributed by atoms with Crippen molar-refractivity contribution in [1.82, 2.24) is 0 Å². The summed E-state index contributed by atoms with van der Waals surface area (Å²) in [5, 5.41) is 0. The second-order valence-corrected chi connectivity index (χ2v) is 3.04. The van der Waals surface area contributed by atoms with Gasteiger partial charge in [0.25, 0.3) is 0 Å². The molecule has 0 saturated heterocycles. The summed E-state index contributed by atoms with van der Waals surface area (Å²) in [4.78, 5) is 0.